The highest BCUT2D eigenvalue weighted by molar-refractivity contribution is 5.77. The second kappa shape index (κ2) is 8.84. The smallest absolute Gasteiger partial charge is 0.314 e. The van der Waals surface area contributed by atoms with Gasteiger partial charge in [-0.05, 0) is 42.0 Å². The van der Waals surface area contributed by atoms with Crippen LogP contribution in [0.25, 0.3) is 0 Å². The maximum atomic E-state index is 11.8. The number of hydrogen-bond acceptors (Lipinski definition) is 6. The predicted octanol–water partition coefficient (Wildman–Crippen LogP) is 2.97. The maximum absolute atomic E-state index is 11.8. The summed E-state index contributed by atoms with van der Waals surface area (Å²) in [5, 5.41) is 9.63. The van der Waals surface area contributed by atoms with Crippen molar-refractivity contribution in [2.45, 2.75) is 5.92 Å². The zero-order valence-corrected chi connectivity index (χ0v) is 15.1. The summed E-state index contributed by atoms with van der Waals surface area (Å²) in [7, 11) is 6.01. The van der Waals surface area contributed by atoms with E-state index >= 15 is 0 Å². The minimum absolute atomic E-state index is 0.0553. The molecular weight excluding hydrogens is 340 g/mol. The lowest BCUT2D eigenvalue weighted by molar-refractivity contribution is -0.139. The van der Waals surface area contributed by atoms with Crippen LogP contribution in [0.5, 0.6) is 28.7 Å². The number of methoxy groups -OCH3 is 4. The van der Waals surface area contributed by atoms with Crippen LogP contribution >= 0.6 is 0 Å². The fraction of sp³-hybridized carbons (Fsp3) is 0.316. The largest absolute Gasteiger partial charge is 0.497 e. The first-order valence-corrected chi connectivity index (χ1v) is 7.83. The first kappa shape index (κ1) is 19.2. The van der Waals surface area contributed by atoms with Crippen molar-refractivity contribution < 1.29 is 33.6 Å². The van der Waals surface area contributed by atoms with E-state index in [1.54, 1.807) is 43.5 Å². The average molecular weight is 362 g/mol. The van der Waals surface area contributed by atoms with Crippen molar-refractivity contribution in [3.8, 4) is 28.7 Å². The van der Waals surface area contributed by atoms with E-state index in [9.17, 15) is 9.90 Å². The molecule has 0 bridgehead atoms. The minimum Gasteiger partial charge on any atom is -0.497 e. The summed E-state index contributed by atoms with van der Waals surface area (Å²) < 4.78 is 26.6. The van der Waals surface area contributed by atoms with Crippen molar-refractivity contribution in [1.82, 2.24) is 0 Å². The fourth-order valence-corrected chi connectivity index (χ4v) is 2.46. The topological polar surface area (TPSA) is 83.5 Å². The molecule has 0 aliphatic carbocycles. The van der Waals surface area contributed by atoms with Gasteiger partial charge >= 0.3 is 5.97 Å². The van der Waals surface area contributed by atoms with E-state index in [1.807, 2.05) is 0 Å². The molecule has 0 saturated carbocycles. The molecule has 1 atom stereocenters. The molecule has 1 unspecified atom stereocenters. The number of carboxylic acid groups (broad SMARTS) is 1. The van der Waals surface area contributed by atoms with Gasteiger partial charge in [0.15, 0.2) is 11.5 Å². The van der Waals surface area contributed by atoms with Crippen molar-refractivity contribution in [1.29, 1.82) is 0 Å². The quantitative estimate of drug-likeness (QED) is 0.734. The molecule has 7 heteroatoms. The van der Waals surface area contributed by atoms with E-state index in [0.717, 1.165) is 0 Å². The van der Waals surface area contributed by atoms with Gasteiger partial charge in [-0.3, -0.25) is 4.79 Å². The van der Waals surface area contributed by atoms with Crippen LogP contribution in [0.4, 0.5) is 0 Å². The fourth-order valence-electron chi connectivity index (χ4n) is 2.46. The van der Waals surface area contributed by atoms with Crippen molar-refractivity contribution in [3.63, 3.8) is 0 Å². The summed E-state index contributed by atoms with van der Waals surface area (Å²) in [6.45, 7) is -0.0553. The van der Waals surface area contributed by atoms with Crippen LogP contribution in [0.1, 0.15) is 11.5 Å². The SMILES string of the molecule is COc1ccc(OCC(C(=O)O)c2cc(OC)c(OC)c(OC)c2)cc1. The molecule has 0 aliphatic heterocycles. The predicted molar refractivity (Wildman–Crippen MR) is 95.0 cm³/mol. The Hall–Kier alpha value is -3.09. The molecule has 0 radical (unpaired) electrons. The summed E-state index contributed by atoms with van der Waals surface area (Å²) >= 11 is 0. The van der Waals surface area contributed by atoms with Gasteiger partial charge in [-0.25, -0.2) is 0 Å². The number of aliphatic carboxylic acids is 1. The molecule has 0 spiro atoms. The van der Waals surface area contributed by atoms with Gasteiger partial charge in [-0.1, -0.05) is 0 Å². The highest BCUT2D eigenvalue weighted by Crippen LogP contribution is 2.40. The van der Waals surface area contributed by atoms with Crippen LogP contribution in [0.15, 0.2) is 36.4 Å². The Morgan fingerprint density at radius 3 is 1.85 bits per heavy atom. The van der Waals surface area contributed by atoms with Gasteiger partial charge in [0.25, 0.3) is 0 Å². The molecular formula is C19H22O7. The molecule has 26 heavy (non-hydrogen) atoms. The molecule has 0 aromatic heterocycles. The van der Waals surface area contributed by atoms with Gasteiger partial charge in [0.05, 0.1) is 28.4 Å². The van der Waals surface area contributed by atoms with Crippen molar-refractivity contribution in [3.05, 3.63) is 42.0 Å². The average Bonchev–Trinajstić information content (AvgIpc) is 2.67. The Balaban J connectivity index is 2.27. The Kier molecular flexibility index (Phi) is 6.54. The lowest BCUT2D eigenvalue weighted by Crippen LogP contribution is -2.19. The molecule has 0 amide bonds. The third-order valence-corrected chi connectivity index (χ3v) is 3.86. The van der Waals surface area contributed by atoms with E-state index in [2.05, 4.69) is 0 Å². The standard InChI is InChI=1S/C19H22O7/c1-22-13-5-7-14(8-6-13)26-11-15(19(20)21)12-9-16(23-2)18(25-4)17(10-12)24-3/h5-10,15H,11H2,1-4H3,(H,20,21). The van der Waals surface area contributed by atoms with E-state index < -0.39 is 11.9 Å². The monoisotopic (exact) mass is 362 g/mol. The third-order valence-electron chi connectivity index (χ3n) is 3.86. The number of benzene rings is 2. The summed E-state index contributed by atoms with van der Waals surface area (Å²) in [6.07, 6.45) is 0. The first-order valence-electron chi connectivity index (χ1n) is 7.83. The molecule has 0 aliphatic rings. The Bertz CT molecular complexity index is 715. The van der Waals surface area contributed by atoms with E-state index in [0.29, 0.717) is 34.3 Å². The molecule has 0 fully saturated rings. The number of hydrogen-bond donors (Lipinski definition) is 1. The molecule has 0 heterocycles. The van der Waals surface area contributed by atoms with Crippen molar-refractivity contribution in [2.24, 2.45) is 0 Å². The van der Waals surface area contributed by atoms with Gasteiger partial charge in [-0.2, -0.15) is 0 Å². The van der Waals surface area contributed by atoms with Crippen LogP contribution in [0.3, 0.4) is 0 Å². The zero-order chi connectivity index (χ0) is 19.1. The third kappa shape index (κ3) is 4.30. The van der Waals surface area contributed by atoms with E-state index in [1.165, 1.54) is 21.3 Å². The Morgan fingerprint density at radius 2 is 1.42 bits per heavy atom. The Morgan fingerprint density at radius 1 is 0.885 bits per heavy atom. The van der Waals surface area contributed by atoms with Gasteiger partial charge in [0, 0.05) is 0 Å². The van der Waals surface area contributed by atoms with E-state index in [-0.39, 0.29) is 6.61 Å². The van der Waals surface area contributed by atoms with Crippen LogP contribution in [-0.2, 0) is 4.79 Å². The lowest BCUT2D eigenvalue weighted by Gasteiger charge is -2.18. The first-order chi connectivity index (χ1) is 12.5. The van der Waals surface area contributed by atoms with Crippen LogP contribution in [0, 0.1) is 0 Å². The highest BCUT2D eigenvalue weighted by Gasteiger charge is 2.25. The van der Waals surface area contributed by atoms with Gasteiger partial charge in [-0.15, -0.1) is 0 Å². The summed E-state index contributed by atoms with van der Waals surface area (Å²) in [5.74, 6) is 0.480. The van der Waals surface area contributed by atoms with Crippen LogP contribution in [-0.4, -0.2) is 46.1 Å². The number of carbonyl (C=O) groups is 1. The number of carboxylic acids is 1. The number of rotatable bonds is 9. The summed E-state index contributed by atoms with van der Waals surface area (Å²) in [6, 6.07) is 10.1. The van der Waals surface area contributed by atoms with Crippen LogP contribution in [0.2, 0.25) is 0 Å². The number of ether oxygens (including phenoxy) is 5. The molecule has 7 nitrogen and oxygen atoms in total. The Labute approximate surface area is 152 Å². The highest BCUT2D eigenvalue weighted by atomic mass is 16.5. The second-order valence-corrected chi connectivity index (χ2v) is 5.34. The van der Waals surface area contributed by atoms with Crippen LogP contribution < -0.4 is 23.7 Å². The maximum Gasteiger partial charge on any atom is 0.314 e. The summed E-state index contributed by atoms with van der Waals surface area (Å²) in [4.78, 5) is 11.8. The second-order valence-electron chi connectivity index (χ2n) is 5.34. The van der Waals surface area contributed by atoms with Gasteiger partial charge in [0.1, 0.15) is 24.0 Å². The molecule has 140 valence electrons. The molecule has 2 aromatic carbocycles. The lowest BCUT2D eigenvalue weighted by atomic mass is 9.99. The molecule has 2 rings (SSSR count). The van der Waals surface area contributed by atoms with E-state index in [4.69, 9.17) is 23.7 Å². The summed E-state index contributed by atoms with van der Waals surface area (Å²) in [5.41, 5.74) is 0.487. The zero-order valence-electron chi connectivity index (χ0n) is 15.1. The van der Waals surface area contributed by atoms with Crippen molar-refractivity contribution in [2.75, 3.05) is 35.0 Å². The molecule has 1 N–H and O–H groups in total. The molecule has 0 saturated heterocycles. The van der Waals surface area contributed by atoms with Gasteiger partial charge < -0.3 is 28.8 Å². The normalized spacial score (nSPS) is 11.4. The minimum atomic E-state index is -1.02. The van der Waals surface area contributed by atoms with Gasteiger partial charge in [0.2, 0.25) is 5.75 Å². The molecule has 2 aromatic rings. The van der Waals surface area contributed by atoms with Crippen molar-refractivity contribution >= 4 is 5.97 Å².